The fraction of sp³-hybridized carbons (Fsp3) is 0.0909. The topological polar surface area (TPSA) is 106 Å². The van der Waals surface area contributed by atoms with Gasteiger partial charge in [0.15, 0.2) is 5.65 Å². The quantitative estimate of drug-likeness (QED) is 0.483. The van der Waals surface area contributed by atoms with Gasteiger partial charge in [0.25, 0.3) is 0 Å². The maximum absolute atomic E-state index is 12.9. The van der Waals surface area contributed by atoms with Gasteiger partial charge in [-0.25, -0.2) is 14.8 Å². The number of aromatic nitrogens is 5. The van der Waals surface area contributed by atoms with Gasteiger partial charge in [-0.05, 0) is 61.0 Å². The third-order valence-electron chi connectivity index (χ3n) is 5.01. The molecule has 0 fully saturated rings. The average Bonchev–Trinajstić information content (AvgIpc) is 3.27. The number of fused-ring (bicyclic) bond motifs is 2. The van der Waals surface area contributed by atoms with Crippen molar-refractivity contribution in [3.63, 3.8) is 0 Å². The molecule has 3 heterocycles. The smallest absolute Gasteiger partial charge is 0.335 e. The fourth-order valence-electron chi connectivity index (χ4n) is 3.64. The average molecular weight is 399 g/mol. The minimum absolute atomic E-state index is 0.335. The first-order valence-corrected chi connectivity index (χ1v) is 9.36. The van der Waals surface area contributed by atoms with Gasteiger partial charge < -0.3 is 10.1 Å². The second kappa shape index (κ2) is 6.70. The van der Waals surface area contributed by atoms with Crippen LogP contribution >= 0.6 is 0 Å². The van der Waals surface area contributed by atoms with Crippen LogP contribution in [0.2, 0.25) is 0 Å². The minimum atomic E-state index is -1.10. The zero-order valence-corrected chi connectivity index (χ0v) is 16.0. The minimum Gasteiger partial charge on any atom is -0.480 e. The number of aromatic amines is 1. The number of H-pyrrole nitrogens is 1. The maximum atomic E-state index is 12.9. The molecule has 148 valence electrons. The lowest BCUT2D eigenvalue weighted by molar-refractivity contribution is -0.137. The van der Waals surface area contributed by atoms with Crippen LogP contribution in [-0.2, 0) is 11.3 Å². The molecule has 3 aromatic heterocycles. The standard InChI is InChI=1S/C22H17N5O3/c1-13-4-9-16-17(11-13)25-20(24-16)14-5-7-15(8-6-14)27-18-3-2-10-23-21(18)26(22(27)30)12-19(28)29/h2-11H,12H2,1H3,(H,24,25)(H,28,29). The zero-order valence-electron chi connectivity index (χ0n) is 16.0. The Hall–Kier alpha value is -4.20. The van der Waals surface area contributed by atoms with Crippen molar-refractivity contribution < 1.29 is 9.90 Å². The maximum Gasteiger partial charge on any atom is 0.335 e. The van der Waals surface area contributed by atoms with Crippen LogP contribution in [-0.4, -0.2) is 35.2 Å². The van der Waals surface area contributed by atoms with Crippen LogP contribution in [0, 0.1) is 6.92 Å². The van der Waals surface area contributed by atoms with Gasteiger partial charge in [0.1, 0.15) is 12.4 Å². The molecular weight excluding hydrogens is 382 g/mol. The summed E-state index contributed by atoms with van der Waals surface area (Å²) in [5.74, 6) is -0.359. The molecule has 2 aromatic carbocycles. The highest BCUT2D eigenvalue weighted by Gasteiger charge is 2.17. The third kappa shape index (κ3) is 2.86. The van der Waals surface area contributed by atoms with E-state index in [1.54, 1.807) is 12.1 Å². The van der Waals surface area contributed by atoms with Crippen LogP contribution in [0.5, 0.6) is 0 Å². The van der Waals surface area contributed by atoms with Crippen molar-refractivity contribution in [2.45, 2.75) is 13.5 Å². The van der Waals surface area contributed by atoms with Crippen molar-refractivity contribution >= 4 is 28.2 Å². The monoisotopic (exact) mass is 399 g/mol. The second-order valence-electron chi connectivity index (χ2n) is 7.10. The van der Waals surface area contributed by atoms with Gasteiger partial charge in [0.2, 0.25) is 0 Å². The number of imidazole rings is 2. The number of hydrogen-bond acceptors (Lipinski definition) is 4. The lowest BCUT2D eigenvalue weighted by Gasteiger charge is -2.04. The second-order valence-corrected chi connectivity index (χ2v) is 7.10. The Kier molecular flexibility index (Phi) is 3.99. The number of aliphatic carboxylic acids is 1. The molecule has 0 atom stereocenters. The van der Waals surface area contributed by atoms with Gasteiger partial charge in [-0.15, -0.1) is 0 Å². The van der Waals surface area contributed by atoms with Crippen molar-refractivity contribution in [1.29, 1.82) is 0 Å². The molecule has 5 rings (SSSR count). The molecule has 0 amide bonds. The van der Waals surface area contributed by atoms with E-state index in [1.807, 2.05) is 49.4 Å². The Balaban J connectivity index is 1.60. The Bertz CT molecular complexity index is 1470. The first kappa shape index (κ1) is 17.9. The third-order valence-corrected chi connectivity index (χ3v) is 5.01. The number of rotatable bonds is 4. The zero-order chi connectivity index (χ0) is 20.8. The number of nitrogens with zero attached hydrogens (tertiary/aromatic N) is 4. The van der Waals surface area contributed by atoms with E-state index in [4.69, 9.17) is 5.11 Å². The summed E-state index contributed by atoms with van der Waals surface area (Å²) in [6.07, 6.45) is 1.54. The van der Waals surface area contributed by atoms with Gasteiger partial charge in [-0.2, -0.15) is 0 Å². The van der Waals surface area contributed by atoms with Crippen molar-refractivity contribution in [3.8, 4) is 17.1 Å². The van der Waals surface area contributed by atoms with Crippen LogP contribution < -0.4 is 5.69 Å². The van der Waals surface area contributed by atoms with Gasteiger partial charge in [-0.1, -0.05) is 6.07 Å². The Morgan fingerprint density at radius 3 is 2.70 bits per heavy atom. The number of hydrogen-bond donors (Lipinski definition) is 2. The predicted octanol–water partition coefficient (Wildman–Crippen LogP) is 3.12. The number of aryl methyl sites for hydroxylation is 1. The van der Waals surface area contributed by atoms with E-state index in [0.29, 0.717) is 16.9 Å². The van der Waals surface area contributed by atoms with Crippen molar-refractivity contribution in [1.82, 2.24) is 24.1 Å². The molecule has 2 N–H and O–H groups in total. The normalized spacial score (nSPS) is 11.4. The number of nitrogens with one attached hydrogen (secondary N) is 1. The van der Waals surface area contributed by atoms with E-state index in [0.717, 1.165) is 32.6 Å². The summed E-state index contributed by atoms with van der Waals surface area (Å²) in [5, 5.41) is 9.16. The largest absolute Gasteiger partial charge is 0.480 e. The SMILES string of the molecule is Cc1ccc2nc(-c3ccc(-n4c(=O)n(CC(=O)O)c5ncccc54)cc3)[nH]c2c1. The first-order valence-electron chi connectivity index (χ1n) is 9.36. The number of carbonyl (C=O) groups is 1. The molecule has 0 saturated carbocycles. The van der Waals surface area contributed by atoms with Crippen molar-refractivity contribution in [2.24, 2.45) is 0 Å². The molecular formula is C22H17N5O3. The van der Waals surface area contributed by atoms with E-state index in [1.165, 1.54) is 10.8 Å². The highest BCUT2D eigenvalue weighted by molar-refractivity contribution is 5.80. The van der Waals surface area contributed by atoms with E-state index in [9.17, 15) is 9.59 Å². The predicted molar refractivity (Wildman–Crippen MR) is 113 cm³/mol. The summed E-state index contributed by atoms with van der Waals surface area (Å²) in [6, 6.07) is 16.9. The van der Waals surface area contributed by atoms with Crippen LogP contribution in [0.4, 0.5) is 0 Å². The van der Waals surface area contributed by atoms with E-state index < -0.39 is 18.2 Å². The molecule has 5 aromatic rings. The van der Waals surface area contributed by atoms with Crippen LogP contribution in [0.15, 0.2) is 65.6 Å². The Morgan fingerprint density at radius 1 is 1.13 bits per heavy atom. The summed E-state index contributed by atoms with van der Waals surface area (Å²) in [6.45, 7) is 1.58. The number of pyridine rings is 1. The number of carboxylic acid groups (broad SMARTS) is 1. The first-order chi connectivity index (χ1) is 14.5. The van der Waals surface area contributed by atoms with Crippen molar-refractivity contribution in [3.05, 3.63) is 76.8 Å². The fourth-order valence-corrected chi connectivity index (χ4v) is 3.64. The van der Waals surface area contributed by atoms with Crippen LogP contribution in [0.3, 0.4) is 0 Å². The number of benzene rings is 2. The Labute approximate surface area is 170 Å². The molecule has 30 heavy (non-hydrogen) atoms. The molecule has 0 bridgehead atoms. The summed E-state index contributed by atoms with van der Waals surface area (Å²) in [7, 11) is 0. The molecule has 0 aliphatic carbocycles. The van der Waals surface area contributed by atoms with Crippen LogP contribution in [0.1, 0.15) is 5.56 Å². The molecule has 0 aliphatic rings. The van der Waals surface area contributed by atoms with E-state index in [-0.39, 0.29) is 0 Å². The molecule has 8 heteroatoms. The van der Waals surface area contributed by atoms with E-state index in [2.05, 4.69) is 15.0 Å². The summed E-state index contributed by atoms with van der Waals surface area (Å²) in [5.41, 5.74) is 4.95. The van der Waals surface area contributed by atoms with Gasteiger partial charge >= 0.3 is 11.7 Å². The summed E-state index contributed by atoms with van der Waals surface area (Å²) < 4.78 is 2.63. The molecule has 0 saturated heterocycles. The van der Waals surface area contributed by atoms with E-state index >= 15 is 0 Å². The van der Waals surface area contributed by atoms with Gasteiger partial charge in [0, 0.05) is 11.8 Å². The summed E-state index contributed by atoms with van der Waals surface area (Å²) in [4.78, 5) is 36.3. The highest BCUT2D eigenvalue weighted by Crippen LogP contribution is 2.23. The van der Waals surface area contributed by atoms with Crippen molar-refractivity contribution in [2.75, 3.05) is 0 Å². The Morgan fingerprint density at radius 2 is 1.93 bits per heavy atom. The highest BCUT2D eigenvalue weighted by atomic mass is 16.4. The molecule has 0 unspecified atom stereocenters. The lowest BCUT2D eigenvalue weighted by atomic mass is 10.2. The van der Waals surface area contributed by atoms with Gasteiger partial charge in [-0.3, -0.25) is 13.9 Å². The molecule has 0 spiro atoms. The number of carboxylic acids is 1. The molecule has 8 nitrogen and oxygen atoms in total. The molecule has 0 radical (unpaired) electrons. The lowest BCUT2D eigenvalue weighted by Crippen LogP contribution is -2.26. The van der Waals surface area contributed by atoms with Crippen LogP contribution in [0.25, 0.3) is 39.3 Å². The summed E-state index contributed by atoms with van der Waals surface area (Å²) >= 11 is 0. The molecule has 0 aliphatic heterocycles. The van der Waals surface area contributed by atoms with Gasteiger partial charge in [0.05, 0.1) is 22.2 Å².